The molecule has 0 saturated heterocycles. The summed E-state index contributed by atoms with van der Waals surface area (Å²) >= 11 is 0. The summed E-state index contributed by atoms with van der Waals surface area (Å²) in [7, 11) is 0. The van der Waals surface area contributed by atoms with Crippen LogP contribution in [0.1, 0.15) is 40.5 Å². The molecule has 0 aliphatic heterocycles. The molecule has 1 aromatic carbocycles. The number of carbonyl (C=O) groups is 1. The van der Waals surface area contributed by atoms with E-state index in [0.29, 0.717) is 5.75 Å². The van der Waals surface area contributed by atoms with Crippen molar-refractivity contribution in [3.05, 3.63) is 66.3 Å². The van der Waals surface area contributed by atoms with Crippen molar-refractivity contribution in [2.24, 2.45) is 0 Å². The van der Waals surface area contributed by atoms with Gasteiger partial charge in [0.05, 0.1) is 0 Å². The quantitative estimate of drug-likeness (QED) is 0.418. The van der Waals surface area contributed by atoms with Gasteiger partial charge < -0.3 is 4.74 Å². The number of rotatable bonds is 3. The predicted octanol–water partition coefficient (Wildman–Crippen LogP) is 5.48. The minimum Gasteiger partial charge on any atom is -0.423 e. The standard InChI is InChI=1S/C15H14O2.2C2H6/c16-15(17-14-9-5-2-6-10-14)12-11-13-7-3-1-4-8-13;2*1-2/h2-3,5-12H,1,4H2;2*1-2H3/b12-11+;;. The summed E-state index contributed by atoms with van der Waals surface area (Å²) in [5.74, 6) is 0.214. The highest BCUT2D eigenvalue weighted by Gasteiger charge is 1.99. The van der Waals surface area contributed by atoms with E-state index in [0.717, 1.165) is 18.4 Å². The molecule has 1 aliphatic rings. The lowest BCUT2D eigenvalue weighted by Gasteiger charge is -2.02. The summed E-state index contributed by atoms with van der Waals surface area (Å²) in [6.07, 6.45) is 11.6. The molecular weight excluding hydrogens is 260 g/mol. The lowest BCUT2D eigenvalue weighted by molar-refractivity contribution is -0.128. The van der Waals surface area contributed by atoms with Crippen LogP contribution in [0.15, 0.2) is 66.3 Å². The Morgan fingerprint density at radius 2 is 1.71 bits per heavy atom. The first kappa shape index (κ1) is 18.9. The van der Waals surface area contributed by atoms with E-state index in [1.807, 2.05) is 52.0 Å². The smallest absolute Gasteiger partial charge is 0.336 e. The van der Waals surface area contributed by atoms with Gasteiger partial charge in [-0.2, -0.15) is 0 Å². The molecule has 0 bridgehead atoms. The Balaban J connectivity index is 0.000000921. The molecule has 21 heavy (non-hydrogen) atoms. The number of para-hydroxylation sites is 1. The van der Waals surface area contributed by atoms with Gasteiger partial charge in [-0.05, 0) is 36.6 Å². The van der Waals surface area contributed by atoms with E-state index in [2.05, 4.69) is 12.2 Å². The van der Waals surface area contributed by atoms with E-state index in [9.17, 15) is 4.79 Å². The largest absolute Gasteiger partial charge is 0.423 e. The third-order valence-corrected chi connectivity index (χ3v) is 2.40. The third kappa shape index (κ3) is 8.64. The Hall–Kier alpha value is -2.09. The molecule has 0 N–H and O–H groups in total. The fourth-order valence-corrected chi connectivity index (χ4v) is 1.56. The molecule has 0 aromatic heterocycles. The van der Waals surface area contributed by atoms with Crippen molar-refractivity contribution in [3.63, 3.8) is 0 Å². The SMILES string of the molecule is CC.CC.O=C(/C=C/C1=CCCC=C1)Oc1ccccc1. The molecule has 0 fully saturated rings. The molecule has 0 radical (unpaired) electrons. The van der Waals surface area contributed by atoms with Gasteiger partial charge in [-0.3, -0.25) is 0 Å². The summed E-state index contributed by atoms with van der Waals surface area (Å²) in [6.45, 7) is 8.00. The van der Waals surface area contributed by atoms with Crippen LogP contribution in [0, 0.1) is 0 Å². The van der Waals surface area contributed by atoms with Crippen LogP contribution in [0.4, 0.5) is 0 Å². The number of ether oxygens (including phenoxy) is 1. The van der Waals surface area contributed by atoms with Gasteiger partial charge in [-0.1, -0.05) is 64.1 Å². The van der Waals surface area contributed by atoms with Crippen LogP contribution in [0.3, 0.4) is 0 Å². The van der Waals surface area contributed by atoms with Crippen LogP contribution in [0.25, 0.3) is 0 Å². The molecule has 0 saturated carbocycles. The van der Waals surface area contributed by atoms with Gasteiger partial charge in [-0.25, -0.2) is 4.79 Å². The zero-order valence-corrected chi connectivity index (χ0v) is 13.5. The maximum Gasteiger partial charge on any atom is 0.336 e. The molecule has 0 heterocycles. The second kappa shape index (κ2) is 12.9. The highest BCUT2D eigenvalue weighted by Crippen LogP contribution is 2.12. The van der Waals surface area contributed by atoms with E-state index in [1.54, 1.807) is 18.2 Å². The van der Waals surface area contributed by atoms with Crippen molar-refractivity contribution in [1.82, 2.24) is 0 Å². The highest BCUT2D eigenvalue weighted by molar-refractivity contribution is 5.84. The van der Waals surface area contributed by atoms with E-state index < -0.39 is 0 Å². The average Bonchev–Trinajstić information content (AvgIpc) is 2.58. The van der Waals surface area contributed by atoms with Crippen LogP contribution in [-0.2, 0) is 4.79 Å². The molecule has 0 atom stereocenters. The van der Waals surface area contributed by atoms with Crippen LogP contribution in [0.5, 0.6) is 5.75 Å². The van der Waals surface area contributed by atoms with Gasteiger partial charge in [0.1, 0.15) is 5.75 Å². The average molecular weight is 286 g/mol. The zero-order chi connectivity index (χ0) is 15.9. The number of allylic oxidation sites excluding steroid dienone is 5. The van der Waals surface area contributed by atoms with Crippen molar-refractivity contribution in [1.29, 1.82) is 0 Å². The van der Waals surface area contributed by atoms with Gasteiger partial charge in [-0.15, -0.1) is 0 Å². The first-order chi connectivity index (χ1) is 10.3. The summed E-state index contributed by atoms with van der Waals surface area (Å²) in [4.78, 5) is 11.5. The molecule has 2 nitrogen and oxygen atoms in total. The number of esters is 1. The van der Waals surface area contributed by atoms with Crippen molar-refractivity contribution in [3.8, 4) is 5.75 Å². The van der Waals surface area contributed by atoms with Gasteiger partial charge in [0.25, 0.3) is 0 Å². The summed E-state index contributed by atoms with van der Waals surface area (Å²) in [5, 5.41) is 0. The van der Waals surface area contributed by atoms with Gasteiger partial charge >= 0.3 is 5.97 Å². The molecule has 114 valence electrons. The first-order valence-corrected chi connectivity index (χ1v) is 7.66. The van der Waals surface area contributed by atoms with E-state index in [4.69, 9.17) is 4.74 Å². The van der Waals surface area contributed by atoms with Crippen molar-refractivity contribution < 1.29 is 9.53 Å². The highest BCUT2D eigenvalue weighted by atomic mass is 16.5. The minimum absolute atomic E-state index is 0.351. The zero-order valence-electron chi connectivity index (χ0n) is 13.5. The number of hydrogen-bond acceptors (Lipinski definition) is 2. The van der Waals surface area contributed by atoms with E-state index in [-0.39, 0.29) is 5.97 Å². The normalized spacial score (nSPS) is 12.5. The lowest BCUT2D eigenvalue weighted by atomic mass is 10.1. The van der Waals surface area contributed by atoms with Crippen molar-refractivity contribution >= 4 is 5.97 Å². The van der Waals surface area contributed by atoms with Crippen LogP contribution >= 0.6 is 0 Å². The van der Waals surface area contributed by atoms with Crippen molar-refractivity contribution in [2.45, 2.75) is 40.5 Å². The molecule has 2 heteroatoms. The Bertz CT molecular complexity index is 468. The maximum absolute atomic E-state index is 11.5. The predicted molar refractivity (Wildman–Crippen MR) is 90.4 cm³/mol. The maximum atomic E-state index is 11.5. The van der Waals surface area contributed by atoms with Crippen LogP contribution in [-0.4, -0.2) is 5.97 Å². The topological polar surface area (TPSA) is 26.3 Å². The van der Waals surface area contributed by atoms with E-state index >= 15 is 0 Å². The molecule has 2 rings (SSSR count). The molecule has 1 aromatic rings. The summed E-state index contributed by atoms with van der Waals surface area (Å²) in [5.41, 5.74) is 1.06. The number of benzene rings is 1. The van der Waals surface area contributed by atoms with Gasteiger partial charge in [0.15, 0.2) is 0 Å². The molecule has 0 spiro atoms. The van der Waals surface area contributed by atoms with Crippen LogP contribution < -0.4 is 4.74 Å². The monoisotopic (exact) mass is 286 g/mol. The molecule has 1 aliphatic carbocycles. The molecule has 0 amide bonds. The molecular formula is C19H26O2. The Morgan fingerprint density at radius 1 is 1.05 bits per heavy atom. The van der Waals surface area contributed by atoms with Crippen molar-refractivity contribution in [2.75, 3.05) is 0 Å². The third-order valence-electron chi connectivity index (χ3n) is 2.40. The van der Waals surface area contributed by atoms with Gasteiger partial charge in [0.2, 0.25) is 0 Å². The van der Waals surface area contributed by atoms with Crippen LogP contribution in [0.2, 0.25) is 0 Å². The first-order valence-electron chi connectivity index (χ1n) is 7.66. The van der Waals surface area contributed by atoms with Gasteiger partial charge in [0, 0.05) is 6.08 Å². The fraction of sp³-hybridized carbons (Fsp3) is 0.316. The Labute approximate surface area is 128 Å². The fourth-order valence-electron chi connectivity index (χ4n) is 1.56. The lowest BCUT2D eigenvalue weighted by Crippen LogP contribution is -2.03. The Kier molecular flexibility index (Phi) is 11.6. The number of hydrogen-bond donors (Lipinski definition) is 0. The molecule has 0 unspecified atom stereocenters. The second-order valence-corrected chi connectivity index (χ2v) is 3.75. The number of carbonyl (C=O) groups excluding carboxylic acids is 1. The summed E-state index contributed by atoms with van der Waals surface area (Å²) in [6, 6.07) is 9.05. The van der Waals surface area contributed by atoms with E-state index in [1.165, 1.54) is 6.08 Å². The summed E-state index contributed by atoms with van der Waals surface area (Å²) < 4.78 is 5.13. The Morgan fingerprint density at radius 3 is 2.29 bits per heavy atom. The minimum atomic E-state index is -0.351. The second-order valence-electron chi connectivity index (χ2n) is 3.75.